The van der Waals surface area contributed by atoms with E-state index in [0.29, 0.717) is 50.9 Å². The first kappa shape index (κ1) is 26.8. The quantitative estimate of drug-likeness (QED) is 0.231. The number of nitro benzene ring substituents is 1. The molecule has 2 aliphatic rings. The number of urea groups is 1. The number of rotatable bonds is 9. The third kappa shape index (κ3) is 6.53. The van der Waals surface area contributed by atoms with Crippen molar-refractivity contribution in [2.24, 2.45) is 0 Å². The Labute approximate surface area is 219 Å². The molecule has 0 aromatic heterocycles. The first-order valence-electron chi connectivity index (χ1n) is 12.6. The Morgan fingerprint density at radius 1 is 0.895 bits per heavy atom. The lowest BCUT2D eigenvalue weighted by Crippen LogP contribution is -2.53. The minimum Gasteiger partial charge on any atom is -0.460 e. The van der Waals surface area contributed by atoms with Crippen LogP contribution in [0.2, 0.25) is 0 Å². The molecule has 0 bridgehead atoms. The Kier molecular flexibility index (Phi) is 8.67. The second-order valence-corrected chi connectivity index (χ2v) is 9.41. The van der Waals surface area contributed by atoms with Crippen LogP contribution < -0.4 is 5.32 Å². The van der Waals surface area contributed by atoms with Crippen LogP contribution in [0.4, 0.5) is 10.5 Å². The predicted molar refractivity (Wildman–Crippen MR) is 136 cm³/mol. The van der Waals surface area contributed by atoms with E-state index in [9.17, 15) is 29.3 Å². The normalized spacial score (nSPS) is 18.7. The molecule has 0 saturated carbocycles. The van der Waals surface area contributed by atoms with Gasteiger partial charge in [-0.1, -0.05) is 30.3 Å². The van der Waals surface area contributed by atoms with E-state index in [-0.39, 0.29) is 24.2 Å². The Bertz CT molecular complexity index is 1190. The minimum atomic E-state index is -0.732. The molecule has 0 radical (unpaired) electrons. The molecule has 0 spiro atoms. The lowest BCUT2D eigenvalue weighted by molar-refractivity contribution is -0.384. The lowest BCUT2D eigenvalue weighted by atomic mass is 10.1. The van der Waals surface area contributed by atoms with Crippen molar-refractivity contribution in [3.05, 3.63) is 75.8 Å². The number of esters is 1. The molecule has 1 N–H and O–H groups in total. The molecule has 0 aliphatic carbocycles. The van der Waals surface area contributed by atoms with Crippen LogP contribution in [-0.2, 0) is 32.3 Å². The minimum absolute atomic E-state index is 0.0734. The van der Waals surface area contributed by atoms with Crippen molar-refractivity contribution in [1.29, 1.82) is 0 Å². The van der Waals surface area contributed by atoms with Crippen molar-refractivity contribution in [2.75, 3.05) is 13.1 Å². The fourth-order valence-electron chi connectivity index (χ4n) is 4.89. The molecule has 2 heterocycles. The van der Waals surface area contributed by atoms with Gasteiger partial charge in [0.25, 0.3) is 5.69 Å². The van der Waals surface area contributed by atoms with Crippen LogP contribution >= 0.6 is 0 Å². The van der Waals surface area contributed by atoms with E-state index >= 15 is 0 Å². The molecule has 38 heavy (non-hydrogen) atoms. The zero-order valence-corrected chi connectivity index (χ0v) is 20.9. The molecule has 4 rings (SSSR count). The van der Waals surface area contributed by atoms with Crippen LogP contribution in [0.3, 0.4) is 0 Å². The van der Waals surface area contributed by atoms with Crippen molar-refractivity contribution in [2.45, 2.75) is 57.3 Å². The highest BCUT2D eigenvalue weighted by atomic mass is 16.6. The summed E-state index contributed by atoms with van der Waals surface area (Å²) in [5.74, 6) is -1.40. The van der Waals surface area contributed by atoms with Crippen molar-refractivity contribution >= 4 is 29.4 Å². The van der Waals surface area contributed by atoms with Gasteiger partial charge in [-0.3, -0.25) is 24.5 Å². The fourth-order valence-corrected chi connectivity index (χ4v) is 4.89. The predicted octanol–water partition coefficient (Wildman–Crippen LogP) is 2.96. The summed E-state index contributed by atoms with van der Waals surface area (Å²) in [5.41, 5.74) is 1.44. The highest BCUT2D eigenvalue weighted by molar-refractivity contribution is 6.01. The average Bonchev–Trinajstić information content (AvgIpc) is 3.61. The number of nitrogens with one attached hydrogen (secondary N) is 1. The molecule has 11 heteroatoms. The van der Waals surface area contributed by atoms with Crippen molar-refractivity contribution in [1.82, 2.24) is 15.1 Å². The van der Waals surface area contributed by atoms with E-state index in [4.69, 9.17) is 4.74 Å². The van der Waals surface area contributed by atoms with Gasteiger partial charge in [-0.05, 0) is 48.9 Å². The molecule has 2 aromatic carbocycles. The van der Waals surface area contributed by atoms with Crippen LogP contribution in [0, 0.1) is 10.1 Å². The van der Waals surface area contributed by atoms with Gasteiger partial charge in [0.1, 0.15) is 19.1 Å². The number of hydrogen-bond acceptors (Lipinski definition) is 7. The molecule has 2 aliphatic heterocycles. The van der Waals surface area contributed by atoms with E-state index < -0.39 is 35.2 Å². The number of hydrogen-bond donors (Lipinski definition) is 1. The summed E-state index contributed by atoms with van der Waals surface area (Å²) in [5, 5.41) is 13.6. The Hall–Kier alpha value is -4.28. The van der Waals surface area contributed by atoms with Gasteiger partial charge in [0.05, 0.1) is 11.0 Å². The van der Waals surface area contributed by atoms with Gasteiger partial charge < -0.3 is 19.9 Å². The smallest absolute Gasteiger partial charge is 0.318 e. The van der Waals surface area contributed by atoms with Crippen LogP contribution in [-0.4, -0.2) is 63.6 Å². The molecule has 2 atom stereocenters. The molecule has 2 aromatic rings. The maximum atomic E-state index is 13.4. The Morgan fingerprint density at radius 3 is 2.24 bits per heavy atom. The average molecular weight is 523 g/mol. The summed E-state index contributed by atoms with van der Waals surface area (Å²) < 4.78 is 5.17. The summed E-state index contributed by atoms with van der Waals surface area (Å²) in [4.78, 5) is 64.7. The second-order valence-electron chi connectivity index (χ2n) is 9.41. The largest absolute Gasteiger partial charge is 0.460 e. The van der Waals surface area contributed by atoms with Crippen LogP contribution in [0.15, 0.2) is 54.6 Å². The zero-order valence-electron chi connectivity index (χ0n) is 20.9. The van der Waals surface area contributed by atoms with Gasteiger partial charge in [0.2, 0.25) is 5.91 Å². The third-order valence-corrected chi connectivity index (χ3v) is 6.86. The highest BCUT2D eigenvalue weighted by Gasteiger charge is 2.42. The first-order valence-corrected chi connectivity index (χ1v) is 12.6. The molecular weight excluding hydrogens is 492 g/mol. The van der Waals surface area contributed by atoms with Gasteiger partial charge >= 0.3 is 12.0 Å². The summed E-state index contributed by atoms with van der Waals surface area (Å²) >= 11 is 0. The molecule has 2 fully saturated rings. The second kappa shape index (κ2) is 12.3. The molecular formula is C27H30N4O7. The van der Waals surface area contributed by atoms with Crippen molar-refractivity contribution in [3.63, 3.8) is 0 Å². The number of nitrogens with zero attached hydrogens (tertiary/aromatic N) is 3. The number of carbonyl (C=O) groups excluding carboxylic acids is 4. The van der Waals surface area contributed by atoms with Crippen LogP contribution in [0.1, 0.15) is 43.2 Å². The number of carbonyl (C=O) groups is 4. The first-order chi connectivity index (χ1) is 18.3. The summed E-state index contributed by atoms with van der Waals surface area (Å²) in [6.07, 6.45) is 1.82. The monoisotopic (exact) mass is 522 g/mol. The SMILES string of the molecule is O=C(CC(=O)[C@@H]1CCCN1C(=O)[C@@H]1CCCN1C(=O)NCc1ccccc1)OCc1ccc([N+](=O)[O-])cc1. The number of Topliss-reactive ketones (excluding diaryl/α,β-unsaturated/α-hetero) is 1. The maximum Gasteiger partial charge on any atom is 0.318 e. The molecule has 11 nitrogen and oxygen atoms in total. The molecule has 2 saturated heterocycles. The lowest BCUT2D eigenvalue weighted by Gasteiger charge is -2.31. The Morgan fingerprint density at radius 2 is 1.55 bits per heavy atom. The number of non-ortho nitro benzene ring substituents is 1. The van der Waals surface area contributed by atoms with E-state index in [0.717, 1.165) is 5.56 Å². The topological polar surface area (TPSA) is 139 Å². The van der Waals surface area contributed by atoms with Crippen molar-refractivity contribution < 1.29 is 28.8 Å². The van der Waals surface area contributed by atoms with E-state index in [1.807, 2.05) is 30.3 Å². The van der Waals surface area contributed by atoms with Gasteiger partial charge in [-0.25, -0.2) is 4.79 Å². The number of ketones is 1. The standard InChI is InChI=1S/C27H30N4O7/c32-24(16-25(33)38-18-20-10-12-21(13-11-20)31(36)37)22-8-4-14-29(22)26(34)23-9-5-15-30(23)27(35)28-17-19-6-2-1-3-7-19/h1-3,6-7,10-13,22-23H,4-5,8-9,14-18H2,(H,28,35)/t22-,23-/m0/s1. The number of amides is 3. The summed E-state index contributed by atoms with van der Waals surface area (Å²) in [7, 11) is 0. The highest BCUT2D eigenvalue weighted by Crippen LogP contribution is 2.26. The molecule has 3 amide bonds. The summed E-state index contributed by atoms with van der Waals surface area (Å²) in [6.45, 7) is 1.08. The van der Waals surface area contributed by atoms with Crippen molar-refractivity contribution in [3.8, 4) is 0 Å². The van der Waals surface area contributed by atoms with E-state index in [1.165, 1.54) is 34.1 Å². The number of likely N-dealkylation sites (tertiary alicyclic amines) is 2. The third-order valence-electron chi connectivity index (χ3n) is 6.86. The van der Waals surface area contributed by atoms with Gasteiger partial charge in [-0.2, -0.15) is 0 Å². The van der Waals surface area contributed by atoms with Crippen LogP contribution in [0.5, 0.6) is 0 Å². The van der Waals surface area contributed by atoms with E-state index in [1.54, 1.807) is 0 Å². The molecule has 200 valence electrons. The van der Waals surface area contributed by atoms with Gasteiger partial charge in [0, 0.05) is 31.8 Å². The molecule has 0 unspecified atom stereocenters. The number of ether oxygens (including phenoxy) is 1. The van der Waals surface area contributed by atoms with Gasteiger partial charge in [0.15, 0.2) is 5.78 Å². The summed E-state index contributed by atoms with van der Waals surface area (Å²) in [6, 6.07) is 13.4. The number of benzene rings is 2. The van der Waals surface area contributed by atoms with Gasteiger partial charge in [-0.15, -0.1) is 0 Å². The van der Waals surface area contributed by atoms with Crippen LogP contribution in [0.25, 0.3) is 0 Å². The number of nitro groups is 1. The zero-order chi connectivity index (χ0) is 27.1. The van der Waals surface area contributed by atoms with E-state index in [2.05, 4.69) is 5.32 Å². The Balaban J connectivity index is 1.29. The fraction of sp³-hybridized carbons (Fsp3) is 0.407. The maximum absolute atomic E-state index is 13.4.